The van der Waals surface area contributed by atoms with Crippen molar-refractivity contribution in [2.75, 3.05) is 12.4 Å². The first-order valence-electron chi connectivity index (χ1n) is 7.46. The Morgan fingerprint density at radius 2 is 2.11 bits per heavy atom. The fraction of sp³-hybridized carbons (Fsp3) is 0.625. The summed E-state index contributed by atoms with van der Waals surface area (Å²) in [5.41, 5.74) is 8.92. The van der Waals surface area contributed by atoms with E-state index in [1.165, 1.54) is 43.2 Å². The van der Waals surface area contributed by atoms with Crippen molar-refractivity contribution in [2.24, 2.45) is 5.73 Å². The van der Waals surface area contributed by atoms with Crippen LogP contribution in [0.25, 0.3) is 0 Å². The molecular weight excluding hydrogens is 254 g/mol. The van der Waals surface area contributed by atoms with Crippen molar-refractivity contribution in [3.63, 3.8) is 0 Å². The molecule has 1 atom stereocenters. The summed E-state index contributed by atoms with van der Waals surface area (Å²) in [4.78, 5) is 0. The highest BCUT2D eigenvalue weighted by Crippen LogP contribution is 2.36. The van der Waals surface area contributed by atoms with E-state index in [-0.39, 0.29) is 6.04 Å². The van der Waals surface area contributed by atoms with Crippen LogP contribution in [0.3, 0.4) is 0 Å². The van der Waals surface area contributed by atoms with Crippen molar-refractivity contribution < 1.29 is 4.74 Å². The molecule has 1 aliphatic heterocycles. The average molecular weight is 277 g/mol. The molecule has 2 nitrogen and oxygen atoms in total. The quantitative estimate of drug-likeness (QED) is 0.911. The van der Waals surface area contributed by atoms with Gasteiger partial charge in [0.15, 0.2) is 0 Å². The summed E-state index contributed by atoms with van der Waals surface area (Å²) >= 11 is 2.07. The van der Waals surface area contributed by atoms with E-state index in [1.807, 2.05) is 0 Å². The summed E-state index contributed by atoms with van der Waals surface area (Å²) < 4.78 is 5.75. The molecule has 0 radical (unpaired) electrons. The number of nitrogens with two attached hydrogens (primary N) is 1. The van der Waals surface area contributed by atoms with Gasteiger partial charge in [0.05, 0.1) is 6.61 Å². The van der Waals surface area contributed by atoms with Crippen LogP contribution < -0.4 is 10.5 Å². The number of fused-ring (bicyclic) bond motifs is 1. The van der Waals surface area contributed by atoms with Crippen LogP contribution in [0.15, 0.2) is 18.2 Å². The van der Waals surface area contributed by atoms with Gasteiger partial charge in [0.1, 0.15) is 5.75 Å². The van der Waals surface area contributed by atoms with Gasteiger partial charge in [0.25, 0.3) is 0 Å². The highest BCUT2D eigenvalue weighted by atomic mass is 32.2. The fourth-order valence-corrected chi connectivity index (χ4v) is 4.42. The lowest BCUT2D eigenvalue weighted by molar-refractivity contribution is 0.352. The molecule has 1 fully saturated rings. The summed E-state index contributed by atoms with van der Waals surface area (Å²) in [5, 5.41) is 0.831. The maximum atomic E-state index is 6.38. The SMILES string of the molecule is NC(CSC1CCCCC1)c1cccc2c1OCC2. The van der Waals surface area contributed by atoms with Crippen LogP contribution in [0.5, 0.6) is 5.75 Å². The highest BCUT2D eigenvalue weighted by Gasteiger charge is 2.21. The third-order valence-corrected chi connectivity index (χ3v) is 5.70. The van der Waals surface area contributed by atoms with Crippen molar-refractivity contribution >= 4 is 11.8 Å². The Hall–Kier alpha value is -0.670. The average Bonchev–Trinajstić information content (AvgIpc) is 2.94. The molecule has 1 unspecified atom stereocenters. The normalized spacial score (nSPS) is 20.9. The maximum absolute atomic E-state index is 6.38. The lowest BCUT2D eigenvalue weighted by Crippen LogP contribution is -2.17. The van der Waals surface area contributed by atoms with Crippen LogP contribution in [-0.2, 0) is 6.42 Å². The second kappa shape index (κ2) is 6.19. The third-order valence-electron chi connectivity index (χ3n) is 4.21. The first-order chi connectivity index (χ1) is 9.34. The topological polar surface area (TPSA) is 35.2 Å². The summed E-state index contributed by atoms with van der Waals surface area (Å²) in [6.07, 6.45) is 8.00. The molecule has 0 bridgehead atoms. The van der Waals surface area contributed by atoms with Crippen LogP contribution in [0.2, 0.25) is 0 Å². The van der Waals surface area contributed by atoms with E-state index in [0.29, 0.717) is 0 Å². The van der Waals surface area contributed by atoms with Crippen molar-refractivity contribution in [1.82, 2.24) is 0 Å². The molecule has 0 amide bonds. The van der Waals surface area contributed by atoms with E-state index in [9.17, 15) is 0 Å². The zero-order valence-corrected chi connectivity index (χ0v) is 12.3. The Kier molecular flexibility index (Phi) is 4.34. The number of benzene rings is 1. The zero-order chi connectivity index (χ0) is 13.1. The lowest BCUT2D eigenvalue weighted by atomic mass is 10.0. The monoisotopic (exact) mass is 277 g/mol. The first kappa shape index (κ1) is 13.3. The van der Waals surface area contributed by atoms with E-state index < -0.39 is 0 Å². The smallest absolute Gasteiger partial charge is 0.127 e. The fourth-order valence-electron chi connectivity index (χ4n) is 3.09. The van der Waals surface area contributed by atoms with Gasteiger partial charge in [-0.3, -0.25) is 0 Å². The molecule has 1 saturated carbocycles. The summed E-state index contributed by atoms with van der Waals surface area (Å²) in [6.45, 7) is 0.814. The number of para-hydroxylation sites is 1. The standard InChI is InChI=1S/C16H23NOS/c17-15(11-19-13-6-2-1-3-7-13)14-8-4-5-12-9-10-18-16(12)14/h4-5,8,13,15H,1-3,6-7,9-11,17H2. The van der Waals surface area contributed by atoms with Crippen LogP contribution in [-0.4, -0.2) is 17.6 Å². The molecule has 1 heterocycles. The first-order valence-corrected chi connectivity index (χ1v) is 8.51. The van der Waals surface area contributed by atoms with Crippen molar-refractivity contribution in [3.05, 3.63) is 29.3 Å². The van der Waals surface area contributed by atoms with E-state index in [0.717, 1.165) is 29.8 Å². The van der Waals surface area contributed by atoms with Gasteiger partial charge in [-0.25, -0.2) is 0 Å². The lowest BCUT2D eigenvalue weighted by Gasteiger charge is -2.23. The van der Waals surface area contributed by atoms with Crippen molar-refractivity contribution in [1.29, 1.82) is 0 Å². The Bertz CT molecular complexity index is 429. The number of hydrogen-bond acceptors (Lipinski definition) is 3. The Balaban J connectivity index is 1.61. The molecule has 0 spiro atoms. The molecule has 0 aromatic heterocycles. The van der Waals surface area contributed by atoms with E-state index in [2.05, 4.69) is 30.0 Å². The van der Waals surface area contributed by atoms with Gasteiger partial charge < -0.3 is 10.5 Å². The summed E-state index contributed by atoms with van der Waals surface area (Å²) in [5.74, 6) is 2.09. The molecular formula is C16H23NOS. The molecule has 0 saturated heterocycles. The van der Waals surface area contributed by atoms with Crippen LogP contribution >= 0.6 is 11.8 Å². The van der Waals surface area contributed by atoms with Gasteiger partial charge in [-0.2, -0.15) is 11.8 Å². The second-order valence-corrected chi connectivity index (χ2v) is 6.97. The predicted octanol–water partition coefficient (Wildman–Crippen LogP) is 3.69. The van der Waals surface area contributed by atoms with E-state index >= 15 is 0 Å². The molecule has 2 aliphatic rings. The molecule has 1 aromatic carbocycles. The predicted molar refractivity (Wildman–Crippen MR) is 81.9 cm³/mol. The molecule has 3 heteroatoms. The Morgan fingerprint density at radius 3 is 2.95 bits per heavy atom. The molecule has 1 aromatic rings. The number of thioether (sulfide) groups is 1. The minimum absolute atomic E-state index is 0.111. The Labute approximate surface area is 120 Å². The van der Waals surface area contributed by atoms with Gasteiger partial charge in [0.2, 0.25) is 0 Å². The second-order valence-electron chi connectivity index (χ2n) is 5.63. The van der Waals surface area contributed by atoms with Crippen molar-refractivity contribution in [3.8, 4) is 5.75 Å². The van der Waals surface area contributed by atoms with E-state index in [1.54, 1.807) is 0 Å². The largest absolute Gasteiger partial charge is 0.493 e. The molecule has 3 rings (SSSR count). The van der Waals surface area contributed by atoms with Crippen molar-refractivity contribution in [2.45, 2.75) is 49.8 Å². The minimum atomic E-state index is 0.111. The Morgan fingerprint density at radius 1 is 1.26 bits per heavy atom. The van der Waals surface area contributed by atoms with Crippen LogP contribution in [0, 0.1) is 0 Å². The summed E-state index contributed by atoms with van der Waals surface area (Å²) in [6, 6.07) is 6.52. The maximum Gasteiger partial charge on any atom is 0.127 e. The van der Waals surface area contributed by atoms with Gasteiger partial charge in [-0.15, -0.1) is 0 Å². The molecule has 2 N–H and O–H groups in total. The van der Waals surface area contributed by atoms with Crippen LogP contribution in [0.1, 0.15) is 49.3 Å². The minimum Gasteiger partial charge on any atom is -0.493 e. The van der Waals surface area contributed by atoms with Gasteiger partial charge >= 0.3 is 0 Å². The zero-order valence-electron chi connectivity index (χ0n) is 11.4. The molecule has 19 heavy (non-hydrogen) atoms. The van der Waals surface area contributed by atoms with Gasteiger partial charge in [-0.05, 0) is 18.4 Å². The van der Waals surface area contributed by atoms with Gasteiger partial charge in [-0.1, -0.05) is 37.5 Å². The van der Waals surface area contributed by atoms with E-state index in [4.69, 9.17) is 10.5 Å². The number of rotatable bonds is 4. The highest BCUT2D eigenvalue weighted by molar-refractivity contribution is 7.99. The summed E-state index contributed by atoms with van der Waals surface area (Å²) in [7, 11) is 0. The molecule has 104 valence electrons. The van der Waals surface area contributed by atoms with Gasteiger partial charge in [0, 0.05) is 29.0 Å². The number of hydrogen-bond donors (Lipinski definition) is 1. The molecule has 1 aliphatic carbocycles. The van der Waals surface area contributed by atoms with Crippen LogP contribution in [0.4, 0.5) is 0 Å². The number of ether oxygens (including phenoxy) is 1. The third kappa shape index (κ3) is 3.09.